The van der Waals surface area contributed by atoms with Crippen LogP contribution in [0.1, 0.15) is 33.3 Å². The van der Waals surface area contributed by atoms with E-state index in [1.807, 2.05) is 27.7 Å². The van der Waals surface area contributed by atoms with Gasteiger partial charge < -0.3 is 5.32 Å². The van der Waals surface area contributed by atoms with Gasteiger partial charge in [0.25, 0.3) is 0 Å². The maximum absolute atomic E-state index is 12.6. The van der Waals surface area contributed by atoms with Gasteiger partial charge in [0.1, 0.15) is 10.5 Å². The van der Waals surface area contributed by atoms with E-state index in [1.54, 1.807) is 24.3 Å². The summed E-state index contributed by atoms with van der Waals surface area (Å²) in [4.78, 5) is 4.90. The van der Waals surface area contributed by atoms with Gasteiger partial charge in [-0.2, -0.15) is 0 Å². The van der Waals surface area contributed by atoms with Crippen LogP contribution in [0.15, 0.2) is 29.3 Å². The molecule has 1 aliphatic rings. The molecule has 1 heterocycles. The van der Waals surface area contributed by atoms with E-state index in [4.69, 9.17) is 12.2 Å². The molecule has 0 aromatic heterocycles. The molecule has 1 atom stereocenters. The van der Waals surface area contributed by atoms with E-state index in [2.05, 4.69) is 15.0 Å². The van der Waals surface area contributed by atoms with Gasteiger partial charge in [-0.3, -0.25) is 8.93 Å². The van der Waals surface area contributed by atoms with Gasteiger partial charge in [-0.1, -0.05) is 44.3 Å². The zero-order chi connectivity index (χ0) is 18.8. The maximum atomic E-state index is 12.6. The highest BCUT2D eigenvalue weighted by atomic mass is 32.2. The van der Waals surface area contributed by atoms with Crippen molar-refractivity contribution in [2.24, 2.45) is 10.9 Å². The quantitative estimate of drug-likeness (QED) is 0.715. The highest BCUT2D eigenvalue weighted by Gasteiger charge is 2.33. The lowest BCUT2D eigenvalue weighted by atomic mass is 10.1. The molecule has 0 aliphatic carbocycles. The van der Waals surface area contributed by atoms with E-state index in [-0.39, 0.29) is 17.4 Å². The lowest BCUT2D eigenvalue weighted by molar-refractivity contribution is 0.587. The Balaban J connectivity index is 2.19. The third-order valence-corrected chi connectivity index (χ3v) is 6.93. The second-order valence-electron chi connectivity index (χ2n) is 6.85. The minimum absolute atomic E-state index is 0.0130. The van der Waals surface area contributed by atoms with E-state index < -0.39 is 26.4 Å². The Morgan fingerprint density at radius 2 is 1.96 bits per heavy atom. The van der Waals surface area contributed by atoms with Gasteiger partial charge in [0, 0.05) is 0 Å². The van der Waals surface area contributed by atoms with Gasteiger partial charge in [0.05, 0.1) is 28.0 Å². The van der Waals surface area contributed by atoms with Crippen molar-refractivity contribution in [3.63, 3.8) is 0 Å². The summed E-state index contributed by atoms with van der Waals surface area (Å²) < 4.78 is 39.6. The van der Waals surface area contributed by atoms with Crippen LogP contribution in [0.4, 0.5) is 5.69 Å². The van der Waals surface area contributed by atoms with Crippen molar-refractivity contribution < 1.29 is 12.6 Å². The molecule has 25 heavy (non-hydrogen) atoms. The lowest BCUT2D eigenvalue weighted by Gasteiger charge is -2.13. The van der Waals surface area contributed by atoms with E-state index in [0.29, 0.717) is 21.4 Å². The first-order valence-electron chi connectivity index (χ1n) is 7.88. The fourth-order valence-corrected chi connectivity index (χ4v) is 5.21. The van der Waals surface area contributed by atoms with Crippen molar-refractivity contribution in [3.8, 4) is 0 Å². The molecule has 9 heteroatoms. The van der Waals surface area contributed by atoms with Crippen molar-refractivity contribution >= 4 is 48.9 Å². The largest absolute Gasteiger partial charge is 0.325 e. The van der Waals surface area contributed by atoms with Crippen molar-refractivity contribution in [2.75, 3.05) is 10.5 Å². The van der Waals surface area contributed by atoms with E-state index in [0.717, 1.165) is 0 Å². The molecule has 2 rings (SSSR count). The Hall–Kier alpha value is -1.32. The number of para-hydroxylation sites is 1. The molecule has 0 saturated heterocycles. The van der Waals surface area contributed by atoms with Crippen LogP contribution in [-0.2, 0) is 26.6 Å². The number of rotatable bonds is 6. The SMILES string of the molecule is CC(C)CS(=O)(=O)Nc1ccccc1CS(=O)C1=NC(C)(C)C(=S)N1. The fourth-order valence-electron chi connectivity index (χ4n) is 2.29. The second-order valence-corrected chi connectivity index (χ2v) is 10.4. The summed E-state index contributed by atoms with van der Waals surface area (Å²) in [6.45, 7) is 7.38. The number of hydrogen-bond acceptors (Lipinski definition) is 5. The first-order valence-corrected chi connectivity index (χ1v) is 11.3. The van der Waals surface area contributed by atoms with Crippen LogP contribution < -0.4 is 10.0 Å². The summed E-state index contributed by atoms with van der Waals surface area (Å²) in [6.07, 6.45) is 0. The zero-order valence-electron chi connectivity index (χ0n) is 14.7. The first-order chi connectivity index (χ1) is 11.5. The summed E-state index contributed by atoms with van der Waals surface area (Å²) in [7, 11) is -4.90. The standard InChI is InChI=1S/C16H23N3O3S3/c1-11(2)10-25(21,22)19-13-8-6-5-7-12(13)9-24(20)15-17-14(23)16(3,4)18-15/h5-8,11,19H,9-10H2,1-4H3,(H,17,18,23). The Labute approximate surface area is 157 Å². The molecule has 138 valence electrons. The number of nitrogens with zero attached hydrogens (tertiary/aromatic N) is 1. The van der Waals surface area contributed by atoms with Crippen LogP contribution in [0.5, 0.6) is 0 Å². The third-order valence-electron chi connectivity index (χ3n) is 3.50. The third kappa shape index (κ3) is 5.32. The molecular weight excluding hydrogens is 378 g/mol. The molecule has 1 aromatic rings. The molecule has 0 amide bonds. The summed E-state index contributed by atoms with van der Waals surface area (Å²) in [5, 5.41) is 3.23. The normalized spacial score (nSPS) is 18.0. The summed E-state index contributed by atoms with van der Waals surface area (Å²) >= 11 is 5.20. The zero-order valence-corrected chi connectivity index (χ0v) is 17.1. The van der Waals surface area contributed by atoms with Gasteiger partial charge >= 0.3 is 0 Å². The van der Waals surface area contributed by atoms with Gasteiger partial charge in [0.2, 0.25) is 10.0 Å². The molecule has 0 fully saturated rings. The number of anilines is 1. The van der Waals surface area contributed by atoms with Gasteiger partial charge in [-0.25, -0.2) is 13.4 Å². The Morgan fingerprint density at radius 3 is 2.52 bits per heavy atom. The van der Waals surface area contributed by atoms with Crippen LogP contribution >= 0.6 is 12.2 Å². The summed E-state index contributed by atoms with van der Waals surface area (Å²) in [5.74, 6) is 0.186. The van der Waals surface area contributed by atoms with E-state index >= 15 is 0 Å². The lowest BCUT2D eigenvalue weighted by Crippen LogP contribution is -2.34. The van der Waals surface area contributed by atoms with Crippen molar-refractivity contribution in [1.82, 2.24) is 5.32 Å². The monoisotopic (exact) mass is 401 g/mol. The maximum Gasteiger partial charge on any atom is 0.232 e. The molecule has 1 aliphatic heterocycles. The number of thiocarbonyl (C=S) groups is 1. The van der Waals surface area contributed by atoms with Crippen molar-refractivity contribution in [3.05, 3.63) is 29.8 Å². The average Bonchev–Trinajstić information content (AvgIpc) is 2.73. The number of hydrogen-bond donors (Lipinski definition) is 2. The van der Waals surface area contributed by atoms with Gasteiger partial charge in [0.15, 0.2) is 5.17 Å². The number of amidine groups is 1. The minimum atomic E-state index is -3.45. The Kier molecular flexibility index (Phi) is 6.01. The minimum Gasteiger partial charge on any atom is -0.325 e. The molecule has 1 aromatic carbocycles. The van der Waals surface area contributed by atoms with Gasteiger partial charge in [-0.05, 0) is 31.4 Å². The molecule has 0 saturated carbocycles. The predicted molar refractivity (Wildman–Crippen MR) is 108 cm³/mol. The number of aliphatic imine (C=N–C) groups is 1. The predicted octanol–water partition coefficient (Wildman–Crippen LogP) is 2.40. The van der Waals surface area contributed by atoms with Crippen LogP contribution in [0, 0.1) is 5.92 Å². The fraction of sp³-hybridized carbons (Fsp3) is 0.500. The molecule has 0 bridgehead atoms. The Morgan fingerprint density at radius 1 is 1.32 bits per heavy atom. The molecule has 1 unspecified atom stereocenters. The van der Waals surface area contributed by atoms with Crippen LogP contribution in [0.2, 0.25) is 0 Å². The Bertz CT molecular complexity index is 830. The molecule has 0 radical (unpaired) electrons. The first kappa shape index (κ1) is 20.0. The highest BCUT2D eigenvalue weighted by Crippen LogP contribution is 2.22. The van der Waals surface area contributed by atoms with Crippen molar-refractivity contribution in [1.29, 1.82) is 0 Å². The second kappa shape index (κ2) is 7.51. The topological polar surface area (TPSA) is 87.6 Å². The highest BCUT2D eigenvalue weighted by molar-refractivity contribution is 8.00. The molecule has 2 N–H and O–H groups in total. The number of benzene rings is 1. The van der Waals surface area contributed by atoms with Crippen LogP contribution in [-0.4, -0.2) is 34.1 Å². The average molecular weight is 402 g/mol. The van der Waals surface area contributed by atoms with Gasteiger partial charge in [-0.15, -0.1) is 0 Å². The van der Waals surface area contributed by atoms with E-state index in [1.165, 1.54) is 0 Å². The molecule has 0 spiro atoms. The molecular formula is C16H23N3O3S3. The molecule has 6 nitrogen and oxygen atoms in total. The van der Waals surface area contributed by atoms with Crippen LogP contribution in [0.25, 0.3) is 0 Å². The summed E-state index contributed by atoms with van der Waals surface area (Å²) in [6, 6.07) is 6.95. The summed E-state index contributed by atoms with van der Waals surface area (Å²) in [5.41, 5.74) is 0.517. The number of sulfonamides is 1. The number of nitrogens with one attached hydrogen (secondary N) is 2. The van der Waals surface area contributed by atoms with Crippen LogP contribution in [0.3, 0.4) is 0 Å². The smallest absolute Gasteiger partial charge is 0.232 e. The van der Waals surface area contributed by atoms with E-state index in [9.17, 15) is 12.6 Å². The van der Waals surface area contributed by atoms with Crippen molar-refractivity contribution in [2.45, 2.75) is 39.0 Å².